The number of nitrogens with zero attached hydrogens (tertiary/aromatic N) is 3. The van der Waals surface area contributed by atoms with E-state index in [2.05, 4.69) is 5.10 Å². The van der Waals surface area contributed by atoms with E-state index < -0.39 is 0 Å². The Kier molecular flexibility index (Phi) is 2.44. The molecule has 0 saturated carbocycles. The molecule has 0 aliphatic heterocycles. The lowest BCUT2D eigenvalue weighted by Crippen LogP contribution is -1.96. The average Bonchev–Trinajstić information content (AvgIpc) is 2.64. The maximum absolute atomic E-state index is 8.70. The van der Waals surface area contributed by atoms with Gasteiger partial charge in [-0.25, -0.2) is 4.68 Å². The van der Waals surface area contributed by atoms with Crippen molar-refractivity contribution < 1.29 is 0 Å². The number of aromatic nitrogens is 2. The first-order valence-corrected chi connectivity index (χ1v) is 4.81. The van der Waals surface area contributed by atoms with E-state index in [9.17, 15) is 0 Å². The van der Waals surface area contributed by atoms with E-state index in [1.807, 2.05) is 25.3 Å². The lowest BCUT2D eigenvalue weighted by Gasteiger charge is -2.03. The Morgan fingerprint density at radius 2 is 2.20 bits per heavy atom. The number of rotatable bonds is 1. The molecule has 2 rings (SSSR count). The molecule has 0 aliphatic rings. The highest BCUT2D eigenvalue weighted by Gasteiger charge is 2.04. The zero-order chi connectivity index (χ0) is 10.8. The molecule has 1 aromatic carbocycles. The van der Waals surface area contributed by atoms with Crippen LogP contribution in [0, 0.1) is 18.3 Å². The Balaban J connectivity index is 2.51. The van der Waals surface area contributed by atoms with Crippen molar-refractivity contribution >= 4 is 11.6 Å². The van der Waals surface area contributed by atoms with Gasteiger partial charge in [-0.15, -0.1) is 0 Å². The van der Waals surface area contributed by atoms with Crippen LogP contribution < -0.4 is 0 Å². The van der Waals surface area contributed by atoms with Crippen LogP contribution >= 0.6 is 11.6 Å². The van der Waals surface area contributed by atoms with Crippen LogP contribution in [0.3, 0.4) is 0 Å². The zero-order valence-corrected chi connectivity index (χ0v) is 8.86. The van der Waals surface area contributed by atoms with Crippen molar-refractivity contribution in [1.82, 2.24) is 9.78 Å². The topological polar surface area (TPSA) is 41.6 Å². The van der Waals surface area contributed by atoms with Crippen molar-refractivity contribution in [3.63, 3.8) is 0 Å². The fourth-order valence-corrected chi connectivity index (χ4v) is 1.58. The molecule has 1 aromatic heterocycles. The minimum absolute atomic E-state index is 0.525. The smallest absolute Gasteiger partial charge is 0.0992 e. The fraction of sp³-hybridized carbons (Fsp3) is 0.0909. The first-order chi connectivity index (χ1) is 7.20. The Labute approximate surface area is 92.5 Å². The predicted octanol–water partition coefficient (Wildman–Crippen LogP) is 2.71. The van der Waals surface area contributed by atoms with E-state index in [0.717, 1.165) is 11.4 Å². The molecule has 2 aromatic rings. The Morgan fingerprint density at radius 1 is 1.40 bits per heavy atom. The third kappa shape index (κ3) is 1.85. The van der Waals surface area contributed by atoms with E-state index in [-0.39, 0.29) is 0 Å². The summed E-state index contributed by atoms with van der Waals surface area (Å²) in [6.07, 6.45) is 1.84. The molecule has 15 heavy (non-hydrogen) atoms. The molecular formula is C11H8ClN3. The summed E-state index contributed by atoms with van der Waals surface area (Å²) in [5, 5.41) is 13.5. The number of hydrogen-bond acceptors (Lipinski definition) is 2. The summed E-state index contributed by atoms with van der Waals surface area (Å²) in [4.78, 5) is 0. The van der Waals surface area contributed by atoms with E-state index in [4.69, 9.17) is 16.9 Å². The van der Waals surface area contributed by atoms with Crippen LogP contribution in [0.4, 0.5) is 0 Å². The summed E-state index contributed by atoms with van der Waals surface area (Å²) in [5.41, 5.74) is 2.26. The number of nitriles is 1. The van der Waals surface area contributed by atoms with Gasteiger partial charge in [0.2, 0.25) is 0 Å². The molecule has 1 heterocycles. The molecule has 0 unspecified atom stereocenters. The molecule has 0 saturated heterocycles. The molecule has 0 aliphatic carbocycles. The second-order valence-electron chi connectivity index (χ2n) is 3.18. The zero-order valence-electron chi connectivity index (χ0n) is 8.11. The average molecular weight is 218 g/mol. The molecule has 0 radical (unpaired) electrons. The highest BCUT2D eigenvalue weighted by molar-refractivity contribution is 6.32. The van der Waals surface area contributed by atoms with Gasteiger partial charge in [-0.2, -0.15) is 10.4 Å². The molecule has 74 valence electrons. The van der Waals surface area contributed by atoms with Gasteiger partial charge in [0.25, 0.3) is 0 Å². The Hall–Kier alpha value is -1.79. The molecule has 0 bridgehead atoms. The highest BCUT2D eigenvalue weighted by atomic mass is 35.5. The van der Waals surface area contributed by atoms with Crippen molar-refractivity contribution in [3.05, 3.63) is 46.7 Å². The van der Waals surface area contributed by atoms with Gasteiger partial charge in [0.15, 0.2) is 0 Å². The molecule has 0 atom stereocenters. The third-order valence-corrected chi connectivity index (χ3v) is 2.35. The first kappa shape index (κ1) is 9.75. The second kappa shape index (κ2) is 3.76. The molecule has 0 fully saturated rings. The minimum atomic E-state index is 0.525. The summed E-state index contributed by atoms with van der Waals surface area (Å²) >= 11 is 6.04. The van der Waals surface area contributed by atoms with E-state index in [0.29, 0.717) is 10.6 Å². The molecule has 3 nitrogen and oxygen atoms in total. The molecule has 4 heteroatoms. The van der Waals surface area contributed by atoms with Crippen LogP contribution in [0.15, 0.2) is 30.5 Å². The summed E-state index contributed by atoms with van der Waals surface area (Å²) < 4.78 is 1.69. The quantitative estimate of drug-likeness (QED) is 0.737. The molecule has 0 amide bonds. The fourth-order valence-electron chi connectivity index (χ4n) is 1.31. The summed E-state index contributed by atoms with van der Waals surface area (Å²) in [6, 6.07) is 9.07. The van der Waals surface area contributed by atoms with Crippen molar-refractivity contribution in [1.29, 1.82) is 5.26 Å². The normalized spacial score (nSPS) is 9.93. The first-order valence-electron chi connectivity index (χ1n) is 4.43. The monoisotopic (exact) mass is 217 g/mol. The van der Waals surface area contributed by atoms with Gasteiger partial charge >= 0.3 is 0 Å². The largest absolute Gasteiger partial charge is 0.239 e. The number of aryl methyl sites for hydroxylation is 1. The third-order valence-electron chi connectivity index (χ3n) is 2.05. The van der Waals surface area contributed by atoms with Crippen molar-refractivity contribution in [2.24, 2.45) is 0 Å². The maximum atomic E-state index is 8.70. The highest BCUT2D eigenvalue weighted by Crippen LogP contribution is 2.21. The van der Waals surface area contributed by atoms with Crippen molar-refractivity contribution in [2.75, 3.05) is 0 Å². The van der Waals surface area contributed by atoms with Crippen LogP contribution in [-0.2, 0) is 0 Å². The summed E-state index contributed by atoms with van der Waals surface area (Å²) in [6.45, 7) is 1.91. The lowest BCUT2D eigenvalue weighted by molar-refractivity contribution is 0.862. The van der Waals surface area contributed by atoms with Crippen LogP contribution in [0.5, 0.6) is 0 Å². The maximum Gasteiger partial charge on any atom is 0.0992 e. The van der Waals surface area contributed by atoms with Gasteiger partial charge in [0.05, 0.1) is 28.0 Å². The van der Waals surface area contributed by atoms with Crippen LogP contribution in [-0.4, -0.2) is 9.78 Å². The van der Waals surface area contributed by atoms with Crippen molar-refractivity contribution in [3.8, 4) is 11.8 Å². The van der Waals surface area contributed by atoms with Gasteiger partial charge < -0.3 is 0 Å². The van der Waals surface area contributed by atoms with Crippen LogP contribution in [0.2, 0.25) is 5.02 Å². The van der Waals surface area contributed by atoms with Gasteiger partial charge in [-0.1, -0.05) is 11.6 Å². The number of benzene rings is 1. The SMILES string of the molecule is Cc1ccn(-c2ccc(C#N)cc2Cl)n1. The van der Waals surface area contributed by atoms with Gasteiger partial charge in [0, 0.05) is 6.20 Å². The molecule has 0 N–H and O–H groups in total. The van der Waals surface area contributed by atoms with Crippen LogP contribution in [0.25, 0.3) is 5.69 Å². The second-order valence-corrected chi connectivity index (χ2v) is 3.59. The molecular weight excluding hydrogens is 210 g/mol. The van der Waals surface area contributed by atoms with E-state index in [1.165, 1.54) is 0 Å². The summed E-state index contributed by atoms with van der Waals surface area (Å²) in [7, 11) is 0. The van der Waals surface area contributed by atoms with E-state index in [1.54, 1.807) is 22.9 Å². The Morgan fingerprint density at radius 3 is 2.73 bits per heavy atom. The van der Waals surface area contributed by atoms with Crippen LogP contribution in [0.1, 0.15) is 11.3 Å². The minimum Gasteiger partial charge on any atom is -0.239 e. The lowest BCUT2D eigenvalue weighted by atomic mass is 10.2. The predicted molar refractivity (Wildman–Crippen MR) is 58.0 cm³/mol. The standard InChI is InChI=1S/C11H8ClN3/c1-8-4-5-15(14-8)11-3-2-9(7-13)6-10(11)12/h2-6H,1H3. The van der Waals surface area contributed by atoms with Gasteiger partial charge in [-0.3, -0.25) is 0 Å². The Bertz CT molecular complexity index is 537. The van der Waals surface area contributed by atoms with E-state index >= 15 is 0 Å². The van der Waals surface area contributed by atoms with Gasteiger partial charge in [-0.05, 0) is 31.2 Å². The van der Waals surface area contributed by atoms with Crippen molar-refractivity contribution in [2.45, 2.75) is 6.92 Å². The number of hydrogen-bond donors (Lipinski definition) is 0. The number of halogens is 1. The van der Waals surface area contributed by atoms with Gasteiger partial charge in [0.1, 0.15) is 0 Å². The molecule has 0 spiro atoms. The summed E-state index contributed by atoms with van der Waals surface area (Å²) in [5.74, 6) is 0.